The van der Waals surface area contributed by atoms with Crippen LogP contribution in [0.25, 0.3) is 0 Å². The van der Waals surface area contributed by atoms with Gasteiger partial charge in [-0.25, -0.2) is 0 Å². The van der Waals surface area contributed by atoms with E-state index in [1.165, 1.54) is 4.90 Å². The second-order valence-electron chi connectivity index (χ2n) is 14.6. The SMILES string of the molecule is CC[C@H](C)[C@H](CO)N1C(=O)[C@H]2[C@@H]3C(=O)O[C@@H](C)CNC(=O)CC/C=C\[C@@H]3O[C@]23C=CCN(C(C)(C)CC(C)(C)C)C(=O)[C@H]13. The summed E-state index contributed by atoms with van der Waals surface area (Å²) in [4.78, 5) is 58.9. The Morgan fingerprint density at radius 2 is 1.81 bits per heavy atom. The van der Waals surface area contributed by atoms with Crippen LogP contribution in [0.1, 0.15) is 81.1 Å². The van der Waals surface area contributed by atoms with Crippen molar-refractivity contribution in [1.82, 2.24) is 15.1 Å². The third-order valence-electron chi connectivity index (χ3n) is 9.51. The highest BCUT2D eigenvalue weighted by Crippen LogP contribution is 2.54. The molecule has 3 amide bonds. The van der Waals surface area contributed by atoms with Crippen molar-refractivity contribution in [3.8, 4) is 0 Å². The van der Waals surface area contributed by atoms with Crippen LogP contribution in [0.15, 0.2) is 24.3 Å². The van der Waals surface area contributed by atoms with Gasteiger partial charge in [0.1, 0.15) is 23.7 Å². The number of carbonyl (C=O) groups is 4. The van der Waals surface area contributed by atoms with Crippen molar-refractivity contribution in [2.75, 3.05) is 19.7 Å². The van der Waals surface area contributed by atoms with E-state index in [1.807, 2.05) is 44.7 Å². The monoisotopic (exact) mass is 601 g/mol. The van der Waals surface area contributed by atoms with Crippen LogP contribution in [-0.2, 0) is 28.7 Å². The van der Waals surface area contributed by atoms with Crippen LogP contribution in [0.4, 0.5) is 0 Å². The standard InChI is InChI=1S/C33H51N3O7/c1-9-20(2)22(18-37)36-27-29(40)35(32(7,8)19-31(4,5)6)16-12-15-33(27)26(28(36)39)25-23(43-33)13-10-11-14-24(38)34-17-21(3)42-30(25)41/h10,12-13,15,20-23,25-27,37H,9,11,14,16-19H2,1-8H3,(H,34,38)/b13-10-/t20-,21-,22-,23-,25+,26+,27-,33+/m0/s1. The maximum absolute atomic E-state index is 14.8. The summed E-state index contributed by atoms with van der Waals surface area (Å²) in [5, 5.41) is 13.4. The number of amides is 3. The Hall–Kier alpha value is -2.72. The third-order valence-corrected chi connectivity index (χ3v) is 9.51. The van der Waals surface area contributed by atoms with E-state index in [0.29, 0.717) is 19.4 Å². The molecular formula is C33H51N3O7. The van der Waals surface area contributed by atoms with Crippen molar-refractivity contribution < 1.29 is 33.8 Å². The molecule has 240 valence electrons. The Morgan fingerprint density at radius 3 is 2.44 bits per heavy atom. The maximum Gasteiger partial charge on any atom is 0.313 e. The lowest BCUT2D eigenvalue weighted by Crippen LogP contribution is -2.62. The molecule has 2 saturated heterocycles. The molecular weight excluding hydrogens is 550 g/mol. The maximum atomic E-state index is 14.8. The number of aliphatic hydroxyl groups is 1. The van der Waals surface area contributed by atoms with Crippen LogP contribution in [0.3, 0.4) is 0 Å². The number of aliphatic hydroxyl groups excluding tert-OH is 1. The summed E-state index contributed by atoms with van der Waals surface area (Å²) in [6.07, 6.45) is 7.88. The van der Waals surface area contributed by atoms with E-state index in [4.69, 9.17) is 9.47 Å². The number of allylic oxidation sites excluding steroid dienone is 1. The number of likely N-dealkylation sites (tertiary alicyclic amines) is 1. The van der Waals surface area contributed by atoms with Crippen molar-refractivity contribution in [2.45, 2.75) is 117 Å². The molecule has 0 aliphatic carbocycles. The first-order valence-electron chi connectivity index (χ1n) is 15.8. The van der Waals surface area contributed by atoms with Gasteiger partial charge in [0.25, 0.3) is 0 Å². The first-order valence-corrected chi connectivity index (χ1v) is 15.8. The van der Waals surface area contributed by atoms with E-state index >= 15 is 0 Å². The van der Waals surface area contributed by atoms with Crippen LogP contribution in [-0.4, -0.2) is 93.7 Å². The average molecular weight is 602 g/mol. The number of nitrogens with zero attached hydrogens (tertiary/aromatic N) is 2. The minimum Gasteiger partial charge on any atom is -0.460 e. The van der Waals surface area contributed by atoms with Gasteiger partial charge in [-0.1, -0.05) is 65.3 Å². The molecule has 0 aromatic heterocycles. The largest absolute Gasteiger partial charge is 0.460 e. The van der Waals surface area contributed by atoms with Gasteiger partial charge in [-0.3, -0.25) is 19.2 Å². The van der Waals surface area contributed by atoms with E-state index in [1.54, 1.807) is 19.1 Å². The van der Waals surface area contributed by atoms with Gasteiger partial charge >= 0.3 is 5.97 Å². The highest BCUT2D eigenvalue weighted by Gasteiger charge is 2.73. The highest BCUT2D eigenvalue weighted by molar-refractivity contribution is 5.99. The van der Waals surface area contributed by atoms with E-state index in [0.717, 1.165) is 6.42 Å². The summed E-state index contributed by atoms with van der Waals surface area (Å²) < 4.78 is 12.6. The minimum absolute atomic E-state index is 0.0687. The number of cyclic esters (lactones) is 1. The topological polar surface area (TPSA) is 125 Å². The Bertz CT molecular complexity index is 1160. The fraction of sp³-hybridized carbons (Fsp3) is 0.758. The molecule has 2 fully saturated rings. The number of hydrogen-bond acceptors (Lipinski definition) is 7. The summed E-state index contributed by atoms with van der Waals surface area (Å²) in [6.45, 7) is 16.3. The molecule has 1 spiro atoms. The molecule has 4 aliphatic heterocycles. The molecule has 0 aromatic carbocycles. The zero-order chi connectivity index (χ0) is 31.9. The number of nitrogens with one attached hydrogen (secondary N) is 1. The predicted molar refractivity (Wildman–Crippen MR) is 161 cm³/mol. The summed E-state index contributed by atoms with van der Waals surface area (Å²) in [7, 11) is 0. The fourth-order valence-electron chi connectivity index (χ4n) is 7.71. The number of hydrogen-bond donors (Lipinski definition) is 2. The Kier molecular flexibility index (Phi) is 9.53. The van der Waals surface area contributed by atoms with Gasteiger partial charge in [-0.05, 0) is 44.9 Å². The molecule has 4 aliphatic rings. The molecule has 0 unspecified atom stereocenters. The molecule has 10 nitrogen and oxygen atoms in total. The number of esters is 1. The predicted octanol–water partition coefficient (Wildman–Crippen LogP) is 2.99. The molecule has 10 heteroatoms. The van der Waals surface area contributed by atoms with E-state index in [-0.39, 0.29) is 48.6 Å². The van der Waals surface area contributed by atoms with Crippen molar-refractivity contribution in [3.63, 3.8) is 0 Å². The van der Waals surface area contributed by atoms with Gasteiger partial charge in [0, 0.05) is 18.5 Å². The summed E-state index contributed by atoms with van der Waals surface area (Å²) in [5.41, 5.74) is -2.05. The molecule has 43 heavy (non-hydrogen) atoms. The molecule has 0 radical (unpaired) electrons. The molecule has 2 N–H and O–H groups in total. The molecule has 8 atom stereocenters. The van der Waals surface area contributed by atoms with Crippen LogP contribution in [0, 0.1) is 23.2 Å². The normalized spacial score (nSPS) is 34.2. The van der Waals surface area contributed by atoms with Crippen LogP contribution in [0.5, 0.6) is 0 Å². The Labute approximate surface area is 256 Å². The van der Waals surface area contributed by atoms with Crippen LogP contribution in [0.2, 0.25) is 0 Å². The minimum atomic E-state index is -1.43. The molecule has 4 heterocycles. The molecule has 4 rings (SSSR count). The number of ether oxygens (including phenoxy) is 2. The second kappa shape index (κ2) is 12.3. The van der Waals surface area contributed by atoms with Gasteiger partial charge in [-0.2, -0.15) is 0 Å². The van der Waals surface area contributed by atoms with E-state index in [9.17, 15) is 24.3 Å². The van der Waals surface area contributed by atoms with Crippen LogP contribution < -0.4 is 5.32 Å². The molecule has 0 bridgehead atoms. The first kappa shape index (κ1) is 33.2. The average Bonchev–Trinajstić information content (AvgIpc) is 3.28. The highest BCUT2D eigenvalue weighted by atomic mass is 16.6. The quantitative estimate of drug-likeness (QED) is 0.354. The second-order valence-corrected chi connectivity index (χ2v) is 14.6. The Morgan fingerprint density at radius 1 is 1.12 bits per heavy atom. The summed E-state index contributed by atoms with van der Waals surface area (Å²) in [6, 6.07) is -1.71. The lowest BCUT2D eigenvalue weighted by atomic mass is 9.77. The summed E-state index contributed by atoms with van der Waals surface area (Å²) in [5.74, 6) is -3.52. The van der Waals surface area contributed by atoms with Gasteiger partial charge in [0.2, 0.25) is 17.7 Å². The first-order chi connectivity index (χ1) is 20.1. The van der Waals surface area contributed by atoms with Crippen LogP contribution >= 0.6 is 0 Å². The lowest BCUT2D eigenvalue weighted by Gasteiger charge is -2.46. The number of carbonyl (C=O) groups excluding carboxylic acids is 4. The Balaban J connectivity index is 1.86. The van der Waals surface area contributed by atoms with E-state index < -0.39 is 53.2 Å². The fourth-order valence-corrected chi connectivity index (χ4v) is 7.71. The van der Waals surface area contributed by atoms with Gasteiger partial charge < -0.3 is 29.7 Å². The van der Waals surface area contributed by atoms with Gasteiger partial charge in [0.15, 0.2) is 0 Å². The lowest BCUT2D eigenvalue weighted by molar-refractivity contribution is -0.161. The summed E-state index contributed by atoms with van der Waals surface area (Å²) >= 11 is 0. The number of fused-ring (bicyclic) bond motifs is 2. The van der Waals surface area contributed by atoms with Crippen molar-refractivity contribution in [1.29, 1.82) is 0 Å². The van der Waals surface area contributed by atoms with Gasteiger partial charge in [-0.15, -0.1) is 0 Å². The van der Waals surface area contributed by atoms with Crippen molar-refractivity contribution in [3.05, 3.63) is 24.3 Å². The molecule has 0 aromatic rings. The number of rotatable bonds is 6. The molecule has 0 saturated carbocycles. The zero-order valence-electron chi connectivity index (χ0n) is 27.1. The zero-order valence-corrected chi connectivity index (χ0v) is 27.1. The van der Waals surface area contributed by atoms with Crippen molar-refractivity contribution >= 4 is 23.7 Å². The van der Waals surface area contributed by atoms with Crippen molar-refractivity contribution in [2.24, 2.45) is 23.2 Å². The smallest absolute Gasteiger partial charge is 0.313 e. The van der Waals surface area contributed by atoms with E-state index in [2.05, 4.69) is 26.1 Å². The van der Waals surface area contributed by atoms with Gasteiger partial charge in [0.05, 0.1) is 31.2 Å². The third kappa shape index (κ3) is 6.27.